The molecule has 0 aliphatic rings. The molecule has 0 saturated heterocycles. The predicted molar refractivity (Wildman–Crippen MR) is 62.4 cm³/mol. The van der Waals surface area contributed by atoms with Gasteiger partial charge in [0, 0.05) is 0 Å². The molecule has 0 fully saturated rings. The van der Waals surface area contributed by atoms with E-state index in [1.165, 1.54) is 0 Å². The van der Waals surface area contributed by atoms with Gasteiger partial charge in [-0.25, -0.2) is 0 Å². The van der Waals surface area contributed by atoms with Crippen molar-refractivity contribution in [3.8, 4) is 5.75 Å². The number of amides is 1. The maximum Gasteiger partial charge on any atom is 0.252 e. The molecule has 1 aromatic carbocycles. The Kier molecular flexibility index (Phi) is 3.00. The van der Waals surface area contributed by atoms with Gasteiger partial charge in [0.2, 0.25) is 0 Å². The lowest BCUT2D eigenvalue weighted by molar-refractivity contribution is 0.0995. The van der Waals surface area contributed by atoms with Gasteiger partial charge in [0.05, 0.1) is 17.5 Å². The molecule has 1 heterocycles. The second kappa shape index (κ2) is 4.61. The minimum atomic E-state index is -0.577. The van der Waals surface area contributed by atoms with E-state index in [1.807, 2.05) is 0 Å². The van der Waals surface area contributed by atoms with Crippen LogP contribution in [0.25, 0.3) is 0 Å². The highest BCUT2D eigenvalue weighted by Crippen LogP contribution is 2.26. The third-order valence-corrected chi connectivity index (χ3v) is 2.25. The number of para-hydroxylation sites is 1. The quantitative estimate of drug-likeness (QED) is 0.782. The molecule has 0 atom stereocenters. The Bertz CT molecular complexity index is 521. The number of carbonyl (C=O) groups excluding carboxylic acids is 1. The summed E-state index contributed by atoms with van der Waals surface area (Å²) >= 11 is 0. The zero-order valence-corrected chi connectivity index (χ0v) is 9.05. The number of furan rings is 1. The van der Waals surface area contributed by atoms with E-state index < -0.39 is 5.91 Å². The number of ether oxygens (including phenoxy) is 1. The number of benzene rings is 1. The van der Waals surface area contributed by atoms with E-state index in [2.05, 4.69) is 0 Å². The normalized spacial score (nSPS) is 10.1. The minimum Gasteiger partial charge on any atom is -0.483 e. The fraction of sp³-hybridized carbons (Fsp3) is 0.0833. The molecular weight excluding hydrogens is 220 g/mol. The molecule has 0 radical (unpaired) electrons. The van der Waals surface area contributed by atoms with Crippen LogP contribution in [0.5, 0.6) is 5.75 Å². The van der Waals surface area contributed by atoms with Crippen LogP contribution in [-0.2, 0) is 6.61 Å². The number of primary amides is 1. The Hall–Kier alpha value is -2.43. The van der Waals surface area contributed by atoms with E-state index >= 15 is 0 Å². The van der Waals surface area contributed by atoms with Crippen molar-refractivity contribution in [1.29, 1.82) is 0 Å². The van der Waals surface area contributed by atoms with Crippen LogP contribution in [0.2, 0.25) is 0 Å². The maximum atomic E-state index is 11.2. The van der Waals surface area contributed by atoms with Crippen molar-refractivity contribution < 1.29 is 13.9 Å². The van der Waals surface area contributed by atoms with Crippen molar-refractivity contribution in [2.75, 3.05) is 5.73 Å². The number of anilines is 1. The number of hydrogen-bond acceptors (Lipinski definition) is 4. The van der Waals surface area contributed by atoms with Crippen LogP contribution in [0.1, 0.15) is 16.1 Å². The van der Waals surface area contributed by atoms with Gasteiger partial charge in [-0.3, -0.25) is 4.79 Å². The minimum absolute atomic E-state index is 0.196. The Morgan fingerprint density at radius 3 is 2.76 bits per heavy atom. The topological polar surface area (TPSA) is 91.5 Å². The lowest BCUT2D eigenvalue weighted by Crippen LogP contribution is -2.14. The first-order valence-corrected chi connectivity index (χ1v) is 5.02. The monoisotopic (exact) mass is 232 g/mol. The Labute approximate surface area is 98.0 Å². The van der Waals surface area contributed by atoms with Gasteiger partial charge < -0.3 is 20.6 Å². The van der Waals surface area contributed by atoms with E-state index in [-0.39, 0.29) is 17.9 Å². The lowest BCUT2D eigenvalue weighted by atomic mass is 10.1. The summed E-state index contributed by atoms with van der Waals surface area (Å²) in [5.74, 6) is 0.354. The molecule has 17 heavy (non-hydrogen) atoms. The highest BCUT2D eigenvalue weighted by molar-refractivity contribution is 5.97. The summed E-state index contributed by atoms with van der Waals surface area (Å²) in [6.07, 6.45) is 1.54. The van der Waals surface area contributed by atoms with Crippen molar-refractivity contribution in [2.45, 2.75) is 6.61 Å². The van der Waals surface area contributed by atoms with Crippen molar-refractivity contribution >= 4 is 11.6 Å². The largest absolute Gasteiger partial charge is 0.483 e. The second-order valence-electron chi connectivity index (χ2n) is 3.46. The van der Waals surface area contributed by atoms with E-state index in [0.717, 1.165) is 0 Å². The molecule has 5 heteroatoms. The van der Waals surface area contributed by atoms with Gasteiger partial charge in [-0.2, -0.15) is 0 Å². The number of nitrogens with two attached hydrogens (primary N) is 2. The van der Waals surface area contributed by atoms with E-state index in [4.69, 9.17) is 20.6 Å². The van der Waals surface area contributed by atoms with Crippen molar-refractivity contribution in [1.82, 2.24) is 0 Å². The summed E-state index contributed by atoms with van der Waals surface area (Å²) in [5, 5.41) is 0. The van der Waals surface area contributed by atoms with Crippen LogP contribution in [0.15, 0.2) is 41.0 Å². The van der Waals surface area contributed by atoms with Gasteiger partial charge in [-0.05, 0) is 24.3 Å². The predicted octanol–water partition coefficient (Wildman–Crippen LogP) is 1.54. The molecule has 0 aliphatic carbocycles. The number of nitrogen functional groups attached to an aromatic ring is 1. The molecule has 0 aliphatic heterocycles. The molecule has 2 aromatic rings. The van der Waals surface area contributed by atoms with Gasteiger partial charge >= 0.3 is 0 Å². The molecule has 0 unspecified atom stereocenters. The average Bonchev–Trinajstić information content (AvgIpc) is 2.80. The zero-order valence-electron chi connectivity index (χ0n) is 9.05. The van der Waals surface area contributed by atoms with Crippen LogP contribution in [-0.4, -0.2) is 5.91 Å². The highest BCUT2D eigenvalue weighted by atomic mass is 16.5. The van der Waals surface area contributed by atoms with Gasteiger partial charge in [-0.1, -0.05) is 6.07 Å². The van der Waals surface area contributed by atoms with Crippen LogP contribution < -0.4 is 16.2 Å². The summed E-state index contributed by atoms with van der Waals surface area (Å²) in [4.78, 5) is 11.2. The summed E-state index contributed by atoms with van der Waals surface area (Å²) in [5.41, 5.74) is 11.6. The van der Waals surface area contributed by atoms with Crippen LogP contribution in [0.4, 0.5) is 5.69 Å². The Morgan fingerprint density at radius 2 is 2.12 bits per heavy atom. The molecule has 1 aromatic heterocycles. The summed E-state index contributed by atoms with van der Waals surface area (Å²) in [6, 6.07) is 8.38. The van der Waals surface area contributed by atoms with E-state index in [9.17, 15) is 4.79 Å². The third-order valence-electron chi connectivity index (χ3n) is 2.25. The molecule has 5 nitrogen and oxygen atoms in total. The van der Waals surface area contributed by atoms with Gasteiger partial charge in [-0.15, -0.1) is 0 Å². The molecule has 0 saturated carbocycles. The van der Waals surface area contributed by atoms with Crippen molar-refractivity contribution in [3.63, 3.8) is 0 Å². The maximum absolute atomic E-state index is 11.2. The SMILES string of the molecule is NC(=O)c1cccc(N)c1OCc1ccco1. The van der Waals surface area contributed by atoms with Gasteiger partial charge in [0.25, 0.3) is 5.91 Å². The fourth-order valence-electron chi connectivity index (χ4n) is 1.45. The number of rotatable bonds is 4. The van der Waals surface area contributed by atoms with Crippen LogP contribution in [0.3, 0.4) is 0 Å². The molecule has 2 rings (SSSR count). The molecule has 0 bridgehead atoms. The van der Waals surface area contributed by atoms with Crippen molar-refractivity contribution in [2.24, 2.45) is 5.73 Å². The van der Waals surface area contributed by atoms with E-state index in [0.29, 0.717) is 11.4 Å². The number of hydrogen-bond donors (Lipinski definition) is 2. The zero-order chi connectivity index (χ0) is 12.3. The summed E-state index contributed by atoms with van der Waals surface area (Å²) < 4.78 is 10.6. The highest BCUT2D eigenvalue weighted by Gasteiger charge is 2.12. The molecule has 4 N–H and O–H groups in total. The van der Waals surface area contributed by atoms with Crippen LogP contribution in [0, 0.1) is 0 Å². The standard InChI is InChI=1S/C12H12N2O3/c13-10-5-1-4-9(12(14)15)11(10)17-7-8-3-2-6-16-8/h1-6H,7,13H2,(H2,14,15). The average molecular weight is 232 g/mol. The third kappa shape index (κ3) is 2.39. The Balaban J connectivity index is 2.22. The second-order valence-corrected chi connectivity index (χ2v) is 3.46. The molecule has 88 valence electrons. The summed E-state index contributed by atoms with van der Waals surface area (Å²) in [7, 11) is 0. The molecular formula is C12H12N2O3. The van der Waals surface area contributed by atoms with Gasteiger partial charge in [0.1, 0.15) is 12.4 Å². The first-order valence-electron chi connectivity index (χ1n) is 5.02. The van der Waals surface area contributed by atoms with Crippen molar-refractivity contribution in [3.05, 3.63) is 47.9 Å². The Morgan fingerprint density at radius 1 is 1.29 bits per heavy atom. The summed E-state index contributed by atoms with van der Waals surface area (Å²) in [6.45, 7) is 0.196. The first kappa shape index (κ1) is 11.1. The lowest BCUT2D eigenvalue weighted by Gasteiger charge is -2.10. The first-order chi connectivity index (χ1) is 8.18. The van der Waals surface area contributed by atoms with Gasteiger partial charge in [0.15, 0.2) is 5.75 Å². The smallest absolute Gasteiger partial charge is 0.252 e. The fourth-order valence-corrected chi connectivity index (χ4v) is 1.45. The molecule has 0 spiro atoms. The molecule has 1 amide bonds. The van der Waals surface area contributed by atoms with Crippen LogP contribution >= 0.6 is 0 Å². The van der Waals surface area contributed by atoms with E-state index in [1.54, 1.807) is 36.6 Å². The number of carbonyl (C=O) groups is 1.